The van der Waals surface area contributed by atoms with Gasteiger partial charge in [0.15, 0.2) is 0 Å². The summed E-state index contributed by atoms with van der Waals surface area (Å²) in [5.41, 5.74) is 2.63. The van der Waals surface area contributed by atoms with Crippen molar-refractivity contribution in [3.05, 3.63) is 71.8 Å². The van der Waals surface area contributed by atoms with Crippen LogP contribution in [-0.4, -0.2) is 41.9 Å². The second-order valence-electron chi connectivity index (χ2n) is 5.91. The van der Waals surface area contributed by atoms with Gasteiger partial charge >= 0.3 is 0 Å². The van der Waals surface area contributed by atoms with Crippen LogP contribution in [-0.2, 0) is 17.8 Å². The standard InChI is InChI=1S/C19H22N2O/c22-16-21-12-11-20(14-18-9-5-2-6-10-18)15-19(21)13-17-7-3-1-4-8-17/h1-10,16,19H,11-15H2. The maximum Gasteiger partial charge on any atom is 0.210 e. The number of carbonyl (C=O) groups excluding carboxylic acids is 1. The molecule has 3 nitrogen and oxygen atoms in total. The van der Waals surface area contributed by atoms with E-state index in [4.69, 9.17) is 0 Å². The van der Waals surface area contributed by atoms with E-state index < -0.39 is 0 Å². The van der Waals surface area contributed by atoms with Gasteiger partial charge in [-0.25, -0.2) is 0 Å². The minimum Gasteiger partial charge on any atom is -0.339 e. The number of rotatable bonds is 5. The van der Waals surface area contributed by atoms with E-state index in [9.17, 15) is 4.79 Å². The monoisotopic (exact) mass is 294 g/mol. The Morgan fingerprint density at radius 2 is 1.55 bits per heavy atom. The number of nitrogens with zero attached hydrogens (tertiary/aromatic N) is 2. The lowest BCUT2D eigenvalue weighted by atomic mass is 10.0. The summed E-state index contributed by atoms with van der Waals surface area (Å²) in [7, 11) is 0. The highest BCUT2D eigenvalue weighted by molar-refractivity contribution is 5.48. The van der Waals surface area contributed by atoms with Crippen LogP contribution in [0, 0.1) is 0 Å². The van der Waals surface area contributed by atoms with Crippen molar-refractivity contribution in [2.75, 3.05) is 19.6 Å². The van der Waals surface area contributed by atoms with Gasteiger partial charge in [-0.1, -0.05) is 60.7 Å². The summed E-state index contributed by atoms with van der Waals surface area (Å²) in [6, 6.07) is 21.2. The SMILES string of the molecule is O=CN1CCN(Cc2ccccc2)CC1Cc1ccccc1. The molecule has 114 valence electrons. The molecule has 3 rings (SSSR count). The van der Waals surface area contributed by atoms with Crippen LogP contribution >= 0.6 is 0 Å². The van der Waals surface area contributed by atoms with E-state index in [2.05, 4.69) is 53.4 Å². The minimum absolute atomic E-state index is 0.261. The lowest BCUT2D eigenvalue weighted by Crippen LogP contribution is -2.52. The first-order chi connectivity index (χ1) is 10.8. The summed E-state index contributed by atoms with van der Waals surface area (Å²) in [6.45, 7) is 3.65. The molecule has 0 bridgehead atoms. The van der Waals surface area contributed by atoms with Crippen LogP contribution in [0.3, 0.4) is 0 Å². The van der Waals surface area contributed by atoms with Crippen LogP contribution in [0.25, 0.3) is 0 Å². The minimum atomic E-state index is 0.261. The van der Waals surface area contributed by atoms with Crippen LogP contribution in [0.1, 0.15) is 11.1 Å². The van der Waals surface area contributed by atoms with Gasteiger partial charge in [0, 0.05) is 32.2 Å². The number of carbonyl (C=O) groups is 1. The van der Waals surface area contributed by atoms with Gasteiger partial charge in [-0.3, -0.25) is 9.69 Å². The average Bonchev–Trinajstić information content (AvgIpc) is 2.57. The maximum absolute atomic E-state index is 11.3. The Morgan fingerprint density at radius 3 is 2.18 bits per heavy atom. The largest absolute Gasteiger partial charge is 0.339 e. The Balaban J connectivity index is 1.66. The predicted molar refractivity (Wildman–Crippen MR) is 88.4 cm³/mol. The highest BCUT2D eigenvalue weighted by atomic mass is 16.1. The molecular formula is C19H22N2O. The van der Waals surface area contributed by atoms with Crippen LogP contribution in [0.2, 0.25) is 0 Å². The molecule has 0 saturated carbocycles. The van der Waals surface area contributed by atoms with E-state index in [1.54, 1.807) is 0 Å². The number of benzene rings is 2. The van der Waals surface area contributed by atoms with Crippen molar-refractivity contribution in [1.82, 2.24) is 9.80 Å². The third-order valence-corrected chi connectivity index (χ3v) is 4.31. The third kappa shape index (κ3) is 3.74. The summed E-state index contributed by atoms with van der Waals surface area (Å²) >= 11 is 0. The van der Waals surface area contributed by atoms with Crippen LogP contribution in [0.4, 0.5) is 0 Å². The van der Waals surface area contributed by atoms with E-state index in [0.29, 0.717) is 0 Å². The molecule has 1 atom stereocenters. The quantitative estimate of drug-likeness (QED) is 0.791. The van der Waals surface area contributed by atoms with Crippen molar-refractivity contribution in [1.29, 1.82) is 0 Å². The molecule has 1 aliphatic heterocycles. The van der Waals surface area contributed by atoms with Crippen LogP contribution < -0.4 is 0 Å². The summed E-state index contributed by atoms with van der Waals surface area (Å²) in [4.78, 5) is 15.7. The highest BCUT2D eigenvalue weighted by Crippen LogP contribution is 2.16. The molecule has 0 aliphatic carbocycles. The normalized spacial score (nSPS) is 19.1. The fourth-order valence-corrected chi connectivity index (χ4v) is 3.13. The zero-order chi connectivity index (χ0) is 15.2. The first-order valence-corrected chi connectivity index (χ1v) is 7.86. The molecular weight excluding hydrogens is 272 g/mol. The summed E-state index contributed by atoms with van der Waals surface area (Å²) in [5, 5.41) is 0. The molecule has 1 heterocycles. The van der Waals surface area contributed by atoms with Gasteiger partial charge in [0.25, 0.3) is 0 Å². The lowest BCUT2D eigenvalue weighted by Gasteiger charge is -2.39. The first kappa shape index (κ1) is 14.8. The Labute approximate surface area is 132 Å². The van der Waals surface area contributed by atoms with Crippen molar-refractivity contribution < 1.29 is 4.79 Å². The lowest BCUT2D eigenvalue weighted by molar-refractivity contribution is -0.122. The molecule has 1 amide bonds. The molecule has 3 heteroatoms. The molecule has 2 aromatic carbocycles. The second-order valence-corrected chi connectivity index (χ2v) is 5.91. The number of amides is 1. The number of hydrogen-bond acceptors (Lipinski definition) is 2. The number of piperazine rings is 1. The number of hydrogen-bond donors (Lipinski definition) is 0. The summed E-state index contributed by atoms with van der Waals surface area (Å²) in [6.07, 6.45) is 1.93. The molecule has 22 heavy (non-hydrogen) atoms. The van der Waals surface area contributed by atoms with Crippen molar-refractivity contribution in [2.45, 2.75) is 19.0 Å². The van der Waals surface area contributed by atoms with Crippen LogP contribution in [0.5, 0.6) is 0 Å². The fraction of sp³-hybridized carbons (Fsp3) is 0.316. The van der Waals surface area contributed by atoms with Gasteiger partial charge in [-0.2, -0.15) is 0 Å². The smallest absolute Gasteiger partial charge is 0.210 e. The van der Waals surface area contributed by atoms with Gasteiger partial charge < -0.3 is 4.90 Å². The zero-order valence-electron chi connectivity index (χ0n) is 12.8. The Kier molecular flexibility index (Phi) is 4.86. The Bertz CT molecular complexity index is 585. The fourth-order valence-electron chi connectivity index (χ4n) is 3.13. The molecule has 0 spiro atoms. The molecule has 1 fully saturated rings. The maximum atomic E-state index is 11.3. The van der Waals surface area contributed by atoms with E-state index in [0.717, 1.165) is 39.0 Å². The molecule has 1 saturated heterocycles. The van der Waals surface area contributed by atoms with Crippen LogP contribution in [0.15, 0.2) is 60.7 Å². The molecule has 2 aromatic rings. The van der Waals surface area contributed by atoms with Crippen molar-refractivity contribution in [3.8, 4) is 0 Å². The molecule has 0 aromatic heterocycles. The van der Waals surface area contributed by atoms with Gasteiger partial charge in [0.2, 0.25) is 6.41 Å². The van der Waals surface area contributed by atoms with Crippen molar-refractivity contribution in [3.63, 3.8) is 0 Å². The summed E-state index contributed by atoms with van der Waals surface area (Å²) in [5.74, 6) is 0. The average molecular weight is 294 g/mol. The van der Waals surface area contributed by atoms with E-state index in [1.165, 1.54) is 11.1 Å². The van der Waals surface area contributed by atoms with Gasteiger partial charge in [0.05, 0.1) is 0 Å². The Hall–Kier alpha value is -2.13. The Morgan fingerprint density at radius 1 is 0.909 bits per heavy atom. The highest BCUT2D eigenvalue weighted by Gasteiger charge is 2.25. The first-order valence-electron chi connectivity index (χ1n) is 7.86. The van der Waals surface area contributed by atoms with E-state index in [1.807, 2.05) is 17.0 Å². The van der Waals surface area contributed by atoms with Gasteiger partial charge in [-0.05, 0) is 17.5 Å². The molecule has 1 unspecified atom stereocenters. The molecule has 1 aliphatic rings. The molecule has 0 N–H and O–H groups in total. The molecule has 0 radical (unpaired) electrons. The van der Waals surface area contributed by atoms with Crippen molar-refractivity contribution in [2.24, 2.45) is 0 Å². The van der Waals surface area contributed by atoms with Crippen molar-refractivity contribution >= 4 is 6.41 Å². The van der Waals surface area contributed by atoms with Gasteiger partial charge in [-0.15, -0.1) is 0 Å². The second kappa shape index (κ2) is 7.23. The predicted octanol–water partition coefficient (Wildman–Crippen LogP) is 2.57. The van der Waals surface area contributed by atoms with E-state index in [-0.39, 0.29) is 6.04 Å². The summed E-state index contributed by atoms with van der Waals surface area (Å²) < 4.78 is 0. The zero-order valence-corrected chi connectivity index (χ0v) is 12.8. The van der Waals surface area contributed by atoms with Gasteiger partial charge in [0.1, 0.15) is 0 Å². The third-order valence-electron chi connectivity index (χ3n) is 4.31. The topological polar surface area (TPSA) is 23.6 Å². The van der Waals surface area contributed by atoms with E-state index >= 15 is 0 Å².